The summed E-state index contributed by atoms with van der Waals surface area (Å²) in [5, 5.41) is 0.428. The van der Waals surface area contributed by atoms with Crippen LogP contribution in [-0.2, 0) is 11.3 Å². The van der Waals surface area contributed by atoms with Gasteiger partial charge in [0.25, 0.3) is 5.56 Å². The van der Waals surface area contributed by atoms with Crippen molar-refractivity contribution in [1.29, 1.82) is 0 Å². The van der Waals surface area contributed by atoms with Gasteiger partial charge in [0.1, 0.15) is 5.75 Å². The van der Waals surface area contributed by atoms with Crippen LogP contribution in [0.2, 0.25) is 0 Å². The SMILES string of the molecule is CC(=O)Oc1ccc2ncn(Cc3ccccc3)c(=O)c2c1. The topological polar surface area (TPSA) is 61.2 Å². The number of hydrogen-bond donors (Lipinski definition) is 0. The molecule has 0 fully saturated rings. The van der Waals surface area contributed by atoms with Crippen LogP contribution in [0.3, 0.4) is 0 Å². The molecule has 2 aromatic carbocycles. The molecule has 0 saturated heterocycles. The molecule has 0 unspecified atom stereocenters. The van der Waals surface area contributed by atoms with Crippen LogP contribution < -0.4 is 10.3 Å². The number of ether oxygens (including phenoxy) is 1. The maximum Gasteiger partial charge on any atom is 0.308 e. The summed E-state index contributed by atoms with van der Waals surface area (Å²) in [4.78, 5) is 27.9. The first-order valence-corrected chi connectivity index (χ1v) is 6.85. The zero-order valence-electron chi connectivity index (χ0n) is 12.0. The van der Waals surface area contributed by atoms with E-state index in [0.29, 0.717) is 23.2 Å². The van der Waals surface area contributed by atoms with E-state index in [1.54, 1.807) is 18.2 Å². The number of hydrogen-bond acceptors (Lipinski definition) is 4. The predicted octanol–water partition coefficient (Wildman–Crippen LogP) is 2.37. The highest BCUT2D eigenvalue weighted by molar-refractivity contribution is 5.80. The van der Waals surface area contributed by atoms with Crippen molar-refractivity contribution in [2.24, 2.45) is 0 Å². The molecule has 1 heterocycles. The molecule has 0 N–H and O–H groups in total. The van der Waals surface area contributed by atoms with Gasteiger partial charge in [0.2, 0.25) is 0 Å². The van der Waals surface area contributed by atoms with Gasteiger partial charge < -0.3 is 4.74 Å². The normalized spacial score (nSPS) is 10.6. The lowest BCUT2D eigenvalue weighted by Gasteiger charge is -2.08. The van der Waals surface area contributed by atoms with E-state index >= 15 is 0 Å². The number of nitrogens with zero attached hydrogens (tertiary/aromatic N) is 2. The third-order valence-electron chi connectivity index (χ3n) is 3.25. The Bertz CT molecular complexity index is 885. The summed E-state index contributed by atoms with van der Waals surface area (Å²) in [6, 6.07) is 14.5. The molecule has 0 aliphatic carbocycles. The molecule has 22 heavy (non-hydrogen) atoms. The Morgan fingerprint density at radius 3 is 2.68 bits per heavy atom. The lowest BCUT2D eigenvalue weighted by molar-refractivity contribution is -0.131. The smallest absolute Gasteiger partial charge is 0.308 e. The van der Waals surface area contributed by atoms with Crippen LogP contribution in [0.1, 0.15) is 12.5 Å². The van der Waals surface area contributed by atoms with Crippen molar-refractivity contribution in [3.8, 4) is 5.75 Å². The highest BCUT2D eigenvalue weighted by Gasteiger charge is 2.07. The molecule has 0 saturated carbocycles. The van der Waals surface area contributed by atoms with Crippen LogP contribution in [0.5, 0.6) is 5.75 Å². The molecular formula is C17H14N2O3. The van der Waals surface area contributed by atoms with Gasteiger partial charge in [0.15, 0.2) is 0 Å². The van der Waals surface area contributed by atoms with Crippen LogP contribution in [0, 0.1) is 0 Å². The van der Waals surface area contributed by atoms with Gasteiger partial charge in [-0.15, -0.1) is 0 Å². The van der Waals surface area contributed by atoms with Gasteiger partial charge in [0, 0.05) is 6.92 Å². The third kappa shape index (κ3) is 2.88. The quantitative estimate of drug-likeness (QED) is 0.549. The molecule has 0 amide bonds. The molecule has 0 radical (unpaired) electrons. The molecule has 0 spiro atoms. The molecule has 3 rings (SSSR count). The maximum atomic E-state index is 12.6. The zero-order valence-corrected chi connectivity index (χ0v) is 12.0. The minimum absolute atomic E-state index is 0.164. The van der Waals surface area contributed by atoms with Crippen molar-refractivity contribution in [3.05, 3.63) is 70.8 Å². The number of aromatic nitrogens is 2. The number of fused-ring (bicyclic) bond motifs is 1. The van der Waals surface area contributed by atoms with E-state index < -0.39 is 5.97 Å². The number of benzene rings is 2. The summed E-state index contributed by atoms with van der Waals surface area (Å²) in [6.07, 6.45) is 1.53. The Morgan fingerprint density at radius 1 is 1.18 bits per heavy atom. The van der Waals surface area contributed by atoms with E-state index in [1.807, 2.05) is 30.3 Å². The van der Waals surface area contributed by atoms with E-state index in [9.17, 15) is 9.59 Å². The van der Waals surface area contributed by atoms with Crippen LogP contribution in [0.25, 0.3) is 10.9 Å². The highest BCUT2D eigenvalue weighted by atomic mass is 16.5. The summed E-state index contributed by atoms with van der Waals surface area (Å²) in [5.74, 6) is -0.0794. The van der Waals surface area contributed by atoms with Crippen molar-refractivity contribution in [3.63, 3.8) is 0 Å². The Hall–Kier alpha value is -2.95. The van der Waals surface area contributed by atoms with Gasteiger partial charge in [-0.25, -0.2) is 4.98 Å². The van der Waals surface area contributed by atoms with Gasteiger partial charge in [-0.1, -0.05) is 30.3 Å². The largest absolute Gasteiger partial charge is 0.427 e. The summed E-state index contributed by atoms with van der Waals surface area (Å²) < 4.78 is 6.56. The van der Waals surface area contributed by atoms with E-state index in [-0.39, 0.29) is 5.56 Å². The summed E-state index contributed by atoms with van der Waals surface area (Å²) >= 11 is 0. The van der Waals surface area contributed by atoms with Gasteiger partial charge in [-0.05, 0) is 23.8 Å². The second-order valence-electron chi connectivity index (χ2n) is 4.94. The van der Waals surface area contributed by atoms with Gasteiger partial charge in [0.05, 0.1) is 23.8 Å². The van der Waals surface area contributed by atoms with Gasteiger partial charge >= 0.3 is 5.97 Å². The van der Waals surface area contributed by atoms with Crippen LogP contribution in [-0.4, -0.2) is 15.5 Å². The minimum atomic E-state index is -0.423. The number of carbonyl (C=O) groups is 1. The van der Waals surface area contributed by atoms with Crippen molar-refractivity contribution in [2.45, 2.75) is 13.5 Å². The first-order chi connectivity index (χ1) is 10.6. The summed E-state index contributed by atoms with van der Waals surface area (Å²) in [7, 11) is 0. The minimum Gasteiger partial charge on any atom is -0.427 e. The maximum absolute atomic E-state index is 12.6. The van der Waals surface area contributed by atoms with E-state index in [4.69, 9.17) is 4.74 Å². The molecular weight excluding hydrogens is 280 g/mol. The molecule has 0 aliphatic rings. The van der Waals surface area contributed by atoms with Gasteiger partial charge in [-0.3, -0.25) is 14.2 Å². The molecule has 5 heteroatoms. The lowest BCUT2D eigenvalue weighted by atomic mass is 10.2. The van der Waals surface area contributed by atoms with E-state index in [1.165, 1.54) is 17.8 Å². The van der Waals surface area contributed by atoms with Crippen molar-refractivity contribution in [2.75, 3.05) is 0 Å². The first-order valence-electron chi connectivity index (χ1n) is 6.85. The summed E-state index contributed by atoms with van der Waals surface area (Å²) in [5.41, 5.74) is 1.43. The predicted molar refractivity (Wildman–Crippen MR) is 82.9 cm³/mol. The fourth-order valence-electron chi connectivity index (χ4n) is 2.26. The Balaban J connectivity index is 2.04. The first kappa shape index (κ1) is 14.0. The van der Waals surface area contributed by atoms with Crippen molar-refractivity contribution in [1.82, 2.24) is 9.55 Å². The fourth-order valence-corrected chi connectivity index (χ4v) is 2.26. The molecule has 1 aromatic heterocycles. The Labute approximate surface area is 126 Å². The molecule has 0 aliphatic heterocycles. The molecule has 0 atom stereocenters. The number of esters is 1. The zero-order chi connectivity index (χ0) is 15.5. The molecule has 3 aromatic rings. The average molecular weight is 294 g/mol. The van der Waals surface area contributed by atoms with Crippen LogP contribution in [0.4, 0.5) is 0 Å². The van der Waals surface area contributed by atoms with Crippen LogP contribution >= 0.6 is 0 Å². The van der Waals surface area contributed by atoms with Crippen molar-refractivity contribution >= 4 is 16.9 Å². The molecule has 110 valence electrons. The highest BCUT2D eigenvalue weighted by Crippen LogP contribution is 2.16. The van der Waals surface area contributed by atoms with Gasteiger partial charge in [-0.2, -0.15) is 0 Å². The second kappa shape index (κ2) is 5.81. The monoisotopic (exact) mass is 294 g/mol. The lowest BCUT2D eigenvalue weighted by Crippen LogP contribution is -2.21. The van der Waals surface area contributed by atoms with Crippen LogP contribution in [0.15, 0.2) is 59.7 Å². The summed E-state index contributed by atoms with van der Waals surface area (Å²) in [6.45, 7) is 1.77. The molecule has 5 nitrogen and oxygen atoms in total. The number of carbonyl (C=O) groups excluding carboxylic acids is 1. The Morgan fingerprint density at radius 2 is 1.95 bits per heavy atom. The molecule has 0 bridgehead atoms. The van der Waals surface area contributed by atoms with Crippen molar-refractivity contribution < 1.29 is 9.53 Å². The third-order valence-corrected chi connectivity index (χ3v) is 3.25. The second-order valence-corrected chi connectivity index (χ2v) is 4.94. The fraction of sp³-hybridized carbons (Fsp3) is 0.118. The standard InChI is InChI=1S/C17H14N2O3/c1-12(20)22-14-7-8-16-15(9-14)17(21)19(11-18-16)10-13-5-3-2-4-6-13/h2-9,11H,10H2,1H3. The average Bonchev–Trinajstić information content (AvgIpc) is 2.51. The van der Waals surface area contributed by atoms with E-state index in [0.717, 1.165) is 5.56 Å². The van der Waals surface area contributed by atoms with E-state index in [2.05, 4.69) is 4.98 Å². The number of rotatable bonds is 3. The Kier molecular flexibility index (Phi) is 3.70.